The standard InChI is InChI=1S/C12H14O2/c1-9(13)14-8-11-7-6-10-4-2-3-5-12(10)11/h2-5,11H,6-8H2,1H3/t11-/m0/s1. The van der Waals surface area contributed by atoms with Crippen molar-refractivity contribution in [3.63, 3.8) is 0 Å². The Morgan fingerprint density at radius 2 is 2.29 bits per heavy atom. The largest absolute Gasteiger partial charge is 0.465 e. The van der Waals surface area contributed by atoms with Crippen LogP contribution in [-0.4, -0.2) is 12.6 Å². The summed E-state index contributed by atoms with van der Waals surface area (Å²) in [5.74, 6) is 0.226. The van der Waals surface area contributed by atoms with Gasteiger partial charge >= 0.3 is 5.97 Å². The molecule has 0 bridgehead atoms. The molecule has 2 rings (SSSR count). The van der Waals surface area contributed by atoms with Gasteiger partial charge in [-0.25, -0.2) is 0 Å². The summed E-state index contributed by atoms with van der Waals surface area (Å²) in [6, 6.07) is 8.40. The van der Waals surface area contributed by atoms with Gasteiger partial charge in [0.25, 0.3) is 0 Å². The van der Waals surface area contributed by atoms with Crippen LogP contribution in [0.15, 0.2) is 24.3 Å². The Labute approximate surface area is 83.9 Å². The van der Waals surface area contributed by atoms with Crippen LogP contribution in [0.25, 0.3) is 0 Å². The topological polar surface area (TPSA) is 26.3 Å². The number of aryl methyl sites for hydroxylation is 1. The zero-order valence-electron chi connectivity index (χ0n) is 8.32. The van der Waals surface area contributed by atoms with Gasteiger partial charge in [-0.15, -0.1) is 0 Å². The molecule has 1 aromatic rings. The van der Waals surface area contributed by atoms with E-state index in [0.29, 0.717) is 12.5 Å². The average molecular weight is 190 g/mol. The number of fused-ring (bicyclic) bond motifs is 1. The molecule has 2 nitrogen and oxygen atoms in total. The number of carbonyl (C=O) groups is 1. The van der Waals surface area contributed by atoms with Gasteiger partial charge in [0, 0.05) is 12.8 Å². The zero-order valence-corrected chi connectivity index (χ0v) is 8.32. The first-order chi connectivity index (χ1) is 6.77. The first-order valence-electron chi connectivity index (χ1n) is 4.98. The second-order valence-electron chi connectivity index (χ2n) is 3.74. The second kappa shape index (κ2) is 3.82. The maximum absolute atomic E-state index is 10.7. The highest BCUT2D eigenvalue weighted by molar-refractivity contribution is 5.66. The molecular formula is C12H14O2. The molecule has 0 heterocycles. The maximum Gasteiger partial charge on any atom is 0.302 e. The van der Waals surface area contributed by atoms with E-state index in [1.165, 1.54) is 18.1 Å². The Bertz CT molecular complexity index is 344. The first-order valence-corrected chi connectivity index (χ1v) is 4.98. The summed E-state index contributed by atoms with van der Waals surface area (Å²) in [7, 11) is 0. The van der Waals surface area contributed by atoms with E-state index >= 15 is 0 Å². The molecule has 1 atom stereocenters. The first kappa shape index (κ1) is 9.25. The van der Waals surface area contributed by atoms with E-state index in [0.717, 1.165) is 12.8 Å². The molecule has 0 saturated heterocycles. The van der Waals surface area contributed by atoms with E-state index in [2.05, 4.69) is 18.2 Å². The van der Waals surface area contributed by atoms with Crippen LogP contribution in [0.1, 0.15) is 30.4 Å². The number of rotatable bonds is 2. The highest BCUT2D eigenvalue weighted by Crippen LogP contribution is 2.32. The van der Waals surface area contributed by atoms with E-state index in [1.807, 2.05) is 6.07 Å². The number of hydrogen-bond acceptors (Lipinski definition) is 2. The normalized spacial score (nSPS) is 19.1. The van der Waals surface area contributed by atoms with Gasteiger partial charge in [-0.3, -0.25) is 4.79 Å². The molecule has 74 valence electrons. The summed E-state index contributed by atoms with van der Waals surface area (Å²) in [6.45, 7) is 1.99. The number of esters is 1. The van der Waals surface area contributed by atoms with E-state index in [1.54, 1.807) is 0 Å². The molecule has 0 saturated carbocycles. The maximum atomic E-state index is 10.7. The lowest BCUT2D eigenvalue weighted by Gasteiger charge is -2.10. The van der Waals surface area contributed by atoms with Crippen LogP contribution >= 0.6 is 0 Å². The predicted octanol–water partition coefficient (Wildman–Crippen LogP) is 2.28. The average Bonchev–Trinajstić information content (AvgIpc) is 2.58. The smallest absolute Gasteiger partial charge is 0.302 e. The number of ether oxygens (including phenoxy) is 1. The molecule has 14 heavy (non-hydrogen) atoms. The molecule has 1 aliphatic rings. The van der Waals surface area contributed by atoms with E-state index in [-0.39, 0.29) is 5.97 Å². The van der Waals surface area contributed by atoms with Crippen LogP contribution in [0.5, 0.6) is 0 Å². The Morgan fingerprint density at radius 1 is 1.50 bits per heavy atom. The van der Waals surface area contributed by atoms with Crippen molar-refractivity contribution in [2.75, 3.05) is 6.61 Å². The molecule has 0 N–H and O–H groups in total. The molecule has 0 amide bonds. The molecule has 1 aromatic carbocycles. The number of benzene rings is 1. The Morgan fingerprint density at radius 3 is 3.07 bits per heavy atom. The highest BCUT2D eigenvalue weighted by Gasteiger charge is 2.22. The Kier molecular flexibility index (Phi) is 2.53. The van der Waals surface area contributed by atoms with Gasteiger partial charge in [0.15, 0.2) is 0 Å². The summed E-state index contributed by atoms with van der Waals surface area (Å²) in [5, 5.41) is 0. The van der Waals surface area contributed by atoms with Gasteiger partial charge in [-0.2, -0.15) is 0 Å². The van der Waals surface area contributed by atoms with Crippen LogP contribution in [0.2, 0.25) is 0 Å². The molecule has 0 aromatic heterocycles. The third-order valence-electron chi connectivity index (χ3n) is 2.74. The van der Waals surface area contributed by atoms with Crippen molar-refractivity contribution in [2.45, 2.75) is 25.7 Å². The summed E-state index contributed by atoms with van der Waals surface area (Å²) < 4.78 is 5.04. The van der Waals surface area contributed by atoms with Crippen molar-refractivity contribution in [3.8, 4) is 0 Å². The van der Waals surface area contributed by atoms with Crippen molar-refractivity contribution in [2.24, 2.45) is 0 Å². The van der Waals surface area contributed by atoms with Crippen molar-refractivity contribution in [1.82, 2.24) is 0 Å². The van der Waals surface area contributed by atoms with Crippen molar-refractivity contribution < 1.29 is 9.53 Å². The van der Waals surface area contributed by atoms with E-state index in [9.17, 15) is 4.79 Å². The van der Waals surface area contributed by atoms with Gasteiger partial charge < -0.3 is 4.74 Å². The molecule has 0 fully saturated rings. The number of carbonyl (C=O) groups excluding carboxylic acids is 1. The summed E-state index contributed by atoms with van der Waals surface area (Å²) in [5.41, 5.74) is 2.76. The molecular weight excluding hydrogens is 176 g/mol. The third kappa shape index (κ3) is 1.79. The highest BCUT2D eigenvalue weighted by atomic mass is 16.5. The monoisotopic (exact) mass is 190 g/mol. The lowest BCUT2D eigenvalue weighted by molar-refractivity contribution is -0.141. The van der Waals surface area contributed by atoms with Crippen molar-refractivity contribution >= 4 is 5.97 Å². The van der Waals surface area contributed by atoms with Crippen LogP contribution in [0.3, 0.4) is 0 Å². The van der Waals surface area contributed by atoms with Gasteiger partial charge in [-0.05, 0) is 24.0 Å². The van der Waals surface area contributed by atoms with Crippen LogP contribution in [-0.2, 0) is 16.0 Å². The van der Waals surface area contributed by atoms with Crippen molar-refractivity contribution in [1.29, 1.82) is 0 Å². The van der Waals surface area contributed by atoms with Gasteiger partial charge in [0.2, 0.25) is 0 Å². The van der Waals surface area contributed by atoms with Gasteiger partial charge in [0.1, 0.15) is 0 Å². The van der Waals surface area contributed by atoms with Crippen LogP contribution in [0.4, 0.5) is 0 Å². The van der Waals surface area contributed by atoms with Crippen LogP contribution in [0, 0.1) is 0 Å². The van der Waals surface area contributed by atoms with Gasteiger partial charge in [-0.1, -0.05) is 24.3 Å². The second-order valence-corrected chi connectivity index (χ2v) is 3.74. The summed E-state index contributed by atoms with van der Waals surface area (Å²) >= 11 is 0. The summed E-state index contributed by atoms with van der Waals surface area (Å²) in [6.07, 6.45) is 2.22. The lowest BCUT2D eigenvalue weighted by atomic mass is 10.0. The SMILES string of the molecule is CC(=O)OC[C@@H]1CCc2ccccc21. The molecule has 0 radical (unpaired) electrons. The zero-order chi connectivity index (χ0) is 9.97. The minimum absolute atomic E-state index is 0.186. The molecule has 0 unspecified atom stereocenters. The summed E-state index contributed by atoms with van der Waals surface area (Å²) in [4.78, 5) is 10.7. The fourth-order valence-electron chi connectivity index (χ4n) is 2.04. The fourth-order valence-corrected chi connectivity index (χ4v) is 2.04. The lowest BCUT2D eigenvalue weighted by Crippen LogP contribution is -2.08. The minimum atomic E-state index is -0.186. The molecule has 1 aliphatic carbocycles. The quantitative estimate of drug-likeness (QED) is 0.669. The third-order valence-corrected chi connectivity index (χ3v) is 2.74. The molecule has 0 spiro atoms. The fraction of sp³-hybridized carbons (Fsp3) is 0.417. The van der Waals surface area contributed by atoms with E-state index in [4.69, 9.17) is 4.74 Å². The van der Waals surface area contributed by atoms with E-state index < -0.39 is 0 Å². The minimum Gasteiger partial charge on any atom is -0.465 e. The predicted molar refractivity (Wildman–Crippen MR) is 54.1 cm³/mol. The van der Waals surface area contributed by atoms with Crippen molar-refractivity contribution in [3.05, 3.63) is 35.4 Å². The van der Waals surface area contributed by atoms with Gasteiger partial charge in [0.05, 0.1) is 6.61 Å². The Balaban J connectivity index is 2.07. The van der Waals surface area contributed by atoms with Crippen LogP contribution < -0.4 is 0 Å². The molecule has 2 heteroatoms. The molecule has 0 aliphatic heterocycles. The number of hydrogen-bond donors (Lipinski definition) is 0. The Hall–Kier alpha value is -1.31.